The van der Waals surface area contributed by atoms with Crippen LogP contribution < -0.4 is 5.32 Å². The highest BCUT2D eigenvalue weighted by atomic mass is 35.5. The third kappa shape index (κ3) is 3.39. The zero-order valence-corrected chi connectivity index (χ0v) is 12.5. The minimum absolute atomic E-state index is 0.189. The SMILES string of the molecule is CCc1cc(C(=O)NC(C)c2ccc(C)o2)cc(Cl)n1. The first-order chi connectivity index (χ1) is 9.49. The first kappa shape index (κ1) is 14.6. The van der Waals surface area contributed by atoms with Crippen LogP contribution in [0.25, 0.3) is 0 Å². The third-order valence-corrected chi connectivity index (χ3v) is 3.20. The smallest absolute Gasteiger partial charge is 0.252 e. The van der Waals surface area contributed by atoms with Crippen molar-refractivity contribution in [1.29, 1.82) is 0 Å². The second-order valence-corrected chi connectivity index (χ2v) is 5.05. The molecule has 0 aliphatic heterocycles. The van der Waals surface area contributed by atoms with Gasteiger partial charge in [0, 0.05) is 11.3 Å². The van der Waals surface area contributed by atoms with E-state index in [0.29, 0.717) is 10.7 Å². The van der Waals surface area contributed by atoms with Gasteiger partial charge in [-0.2, -0.15) is 0 Å². The van der Waals surface area contributed by atoms with Crippen molar-refractivity contribution in [1.82, 2.24) is 10.3 Å². The molecule has 0 radical (unpaired) electrons. The summed E-state index contributed by atoms with van der Waals surface area (Å²) in [5.74, 6) is 1.36. The molecule has 0 saturated carbocycles. The van der Waals surface area contributed by atoms with Crippen LogP contribution >= 0.6 is 11.6 Å². The van der Waals surface area contributed by atoms with Gasteiger partial charge in [-0.3, -0.25) is 4.79 Å². The quantitative estimate of drug-likeness (QED) is 0.874. The lowest BCUT2D eigenvalue weighted by molar-refractivity contribution is 0.0935. The summed E-state index contributed by atoms with van der Waals surface area (Å²) >= 11 is 5.92. The number of aryl methyl sites for hydroxylation is 2. The highest BCUT2D eigenvalue weighted by molar-refractivity contribution is 6.29. The maximum absolute atomic E-state index is 12.2. The number of hydrogen-bond donors (Lipinski definition) is 1. The van der Waals surface area contributed by atoms with Gasteiger partial charge in [0.25, 0.3) is 5.91 Å². The molecule has 0 aliphatic carbocycles. The van der Waals surface area contributed by atoms with Gasteiger partial charge in [0.2, 0.25) is 0 Å². The molecular weight excluding hydrogens is 276 g/mol. The van der Waals surface area contributed by atoms with E-state index in [0.717, 1.165) is 23.6 Å². The predicted octanol–water partition coefficient (Wildman–Crippen LogP) is 3.69. The van der Waals surface area contributed by atoms with Gasteiger partial charge >= 0.3 is 0 Å². The van der Waals surface area contributed by atoms with E-state index in [1.165, 1.54) is 0 Å². The van der Waals surface area contributed by atoms with Crippen LogP contribution in [0.2, 0.25) is 5.15 Å². The number of hydrogen-bond acceptors (Lipinski definition) is 3. The molecule has 2 heterocycles. The van der Waals surface area contributed by atoms with E-state index >= 15 is 0 Å². The molecule has 4 nitrogen and oxygen atoms in total. The number of pyridine rings is 1. The van der Waals surface area contributed by atoms with Gasteiger partial charge in [-0.05, 0) is 44.5 Å². The number of nitrogens with one attached hydrogen (secondary N) is 1. The first-order valence-corrected chi connectivity index (χ1v) is 6.91. The summed E-state index contributed by atoms with van der Waals surface area (Å²) in [6.07, 6.45) is 0.730. The van der Waals surface area contributed by atoms with E-state index in [4.69, 9.17) is 16.0 Å². The minimum Gasteiger partial charge on any atom is -0.464 e. The van der Waals surface area contributed by atoms with Crippen molar-refractivity contribution in [3.05, 3.63) is 52.2 Å². The molecule has 0 fully saturated rings. The molecule has 20 heavy (non-hydrogen) atoms. The molecule has 1 amide bonds. The Hall–Kier alpha value is -1.81. The van der Waals surface area contributed by atoms with E-state index in [1.54, 1.807) is 12.1 Å². The fourth-order valence-corrected chi connectivity index (χ4v) is 2.13. The highest BCUT2D eigenvalue weighted by Crippen LogP contribution is 2.17. The zero-order chi connectivity index (χ0) is 14.7. The van der Waals surface area contributed by atoms with E-state index in [9.17, 15) is 4.79 Å². The van der Waals surface area contributed by atoms with Gasteiger partial charge in [-0.1, -0.05) is 18.5 Å². The molecule has 0 saturated heterocycles. The molecule has 1 N–H and O–H groups in total. The van der Waals surface area contributed by atoms with Crippen molar-refractivity contribution in [3.8, 4) is 0 Å². The average Bonchev–Trinajstić information content (AvgIpc) is 2.84. The number of furan rings is 1. The number of rotatable bonds is 4. The third-order valence-electron chi connectivity index (χ3n) is 3.01. The predicted molar refractivity (Wildman–Crippen MR) is 78.0 cm³/mol. The molecule has 2 rings (SSSR count). The van der Waals surface area contributed by atoms with Gasteiger partial charge in [0.15, 0.2) is 0 Å². The summed E-state index contributed by atoms with van der Waals surface area (Å²) in [5, 5.41) is 3.21. The van der Waals surface area contributed by atoms with Gasteiger partial charge in [-0.25, -0.2) is 4.98 Å². The minimum atomic E-state index is -0.201. The Balaban J connectivity index is 2.13. The normalized spacial score (nSPS) is 12.2. The van der Waals surface area contributed by atoms with Crippen LogP contribution in [0.15, 0.2) is 28.7 Å². The van der Waals surface area contributed by atoms with Crippen molar-refractivity contribution in [2.75, 3.05) is 0 Å². The van der Waals surface area contributed by atoms with Crippen LogP contribution in [0.5, 0.6) is 0 Å². The Morgan fingerprint density at radius 1 is 1.45 bits per heavy atom. The van der Waals surface area contributed by atoms with Crippen LogP contribution in [0.3, 0.4) is 0 Å². The van der Waals surface area contributed by atoms with Crippen LogP contribution in [0, 0.1) is 6.92 Å². The molecule has 0 aliphatic rings. The largest absolute Gasteiger partial charge is 0.464 e. The van der Waals surface area contributed by atoms with Crippen molar-refractivity contribution >= 4 is 17.5 Å². The van der Waals surface area contributed by atoms with E-state index in [-0.39, 0.29) is 11.9 Å². The van der Waals surface area contributed by atoms with Gasteiger partial charge < -0.3 is 9.73 Å². The Bertz CT molecular complexity index is 622. The molecule has 1 unspecified atom stereocenters. The molecular formula is C15H17ClN2O2. The molecule has 106 valence electrons. The monoisotopic (exact) mass is 292 g/mol. The van der Waals surface area contributed by atoms with Crippen LogP contribution in [0.4, 0.5) is 0 Å². The Morgan fingerprint density at radius 2 is 2.20 bits per heavy atom. The lowest BCUT2D eigenvalue weighted by atomic mass is 10.1. The second-order valence-electron chi connectivity index (χ2n) is 4.67. The van der Waals surface area contributed by atoms with Gasteiger partial charge in [-0.15, -0.1) is 0 Å². The number of nitrogens with zero attached hydrogens (tertiary/aromatic N) is 1. The molecule has 1 atom stereocenters. The van der Waals surface area contributed by atoms with Crippen molar-refractivity contribution in [2.45, 2.75) is 33.2 Å². The summed E-state index contributed by atoms with van der Waals surface area (Å²) in [6.45, 7) is 5.71. The summed E-state index contributed by atoms with van der Waals surface area (Å²) < 4.78 is 5.50. The number of aromatic nitrogens is 1. The average molecular weight is 293 g/mol. The van der Waals surface area contributed by atoms with Gasteiger partial charge in [0.05, 0.1) is 6.04 Å². The fourth-order valence-electron chi connectivity index (χ4n) is 1.90. The molecule has 0 aromatic carbocycles. The van der Waals surface area contributed by atoms with Crippen LogP contribution in [-0.4, -0.2) is 10.9 Å². The maximum atomic E-state index is 12.2. The summed E-state index contributed by atoms with van der Waals surface area (Å²) in [7, 11) is 0. The Labute approximate surface area is 123 Å². The fraction of sp³-hybridized carbons (Fsp3) is 0.333. The second kappa shape index (κ2) is 6.09. The molecule has 5 heteroatoms. The zero-order valence-electron chi connectivity index (χ0n) is 11.7. The van der Waals surface area contributed by atoms with Crippen molar-refractivity contribution in [3.63, 3.8) is 0 Å². The number of carbonyl (C=O) groups is 1. The summed E-state index contributed by atoms with van der Waals surface area (Å²) in [5.41, 5.74) is 1.31. The van der Waals surface area contributed by atoms with Crippen LogP contribution in [0.1, 0.15) is 47.5 Å². The van der Waals surface area contributed by atoms with Crippen LogP contribution in [-0.2, 0) is 6.42 Å². The Morgan fingerprint density at radius 3 is 2.80 bits per heavy atom. The van der Waals surface area contributed by atoms with E-state index < -0.39 is 0 Å². The lowest BCUT2D eigenvalue weighted by Gasteiger charge is -2.12. The van der Waals surface area contributed by atoms with Gasteiger partial charge in [0.1, 0.15) is 16.7 Å². The van der Waals surface area contributed by atoms with E-state index in [2.05, 4.69) is 10.3 Å². The molecule has 2 aromatic rings. The topological polar surface area (TPSA) is 55.1 Å². The summed E-state index contributed by atoms with van der Waals surface area (Å²) in [4.78, 5) is 16.4. The summed E-state index contributed by atoms with van der Waals surface area (Å²) in [6, 6.07) is 6.85. The van der Waals surface area contributed by atoms with Crippen molar-refractivity contribution < 1.29 is 9.21 Å². The maximum Gasteiger partial charge on any atom is 0.252 e. The molecule has 0 spiro atoms. The number of carbonyl (C=O) groups excluding carboxylic acids is 1. The Kier molecular flexibility index (Phi) is 4.45. The number of halogens is 1. The number of amides is 1. The molecule has 0 bridgehead atoms. The highest BCUT2D eigenvalue weighted by Gasteiger charge is 2.15. The lowest BCUT2D eigenvalue weighted by Crippen LogP contribution is -2.26. The standard InChI is InChI=1S/C15H17ClN2O2/c1-4-12-7-11(8-14(16)18-12)15(19)17-10(3)13-6-5-9(2)20-13/h5-8,10H,4H2,1-3H3,(H,17,19). The first-order valence-electron chi connectivity index (χ1n) is 6.53. The molecule has 2 aromatic heterocycles. The van der Waals surface area contributed by atoms with E-state index in [1.807, 2.05) is 32.9 Å². The van der Waals surface area contributed by atoms with Crippen molar-refractivity contribution in [2.24, 2.45) is 0 Å².